The molecule has 0 radical (unpaired) electrons. The number of alkyl halides is 1. The number of anilines is 2. The Kier molecular flexibility index (Phi) is 2.79. The first-order valence-corrected chi connectivity index (χ1v) is 3.26. The molecular weight excluding hydrogens is 169 g/mol. The number of nitrogens with zero attached hydrogens (tertiary/aromatic N) is 1. The molecule has 0 aromatic heterocycles. The van der Waals surface area contributed by atoms with E-state index in [4.69, 9.17) is 0 Å². The van der Waals surface area contributed by atoms with Crippen LogP contribution in [0.25, 0.3) is 0 Å². The smallest absolute Gasteiger partial charge is 0.159 e. The molecule has 0 spiro atoms. The van der Waals surface area contributed by atoms with Crippen molar-refractivity contribution in [2.24, 2.45) is 0 Å². The summed E-state index contributed by atoms with van der Waals surface area (Å²) in [6.07, 6.45) is 0. The first-order valence-electron chi connectivity index (χ1n) is 3.26. The summed E-state index contributed by atoms with van der Waals surface area (Å²) in [5.74, 6) is 0. The molecule has 0 saturated carbocycles. The van der Waals surface area contributed by atoms with E-state index in [1.165, 1.54) is 18.2 Å². The van der Waals surface area contributed by atoms with Gasteiger partial charge < -0.3 is 5.32 Å². The zero-order valence-corrected chi connectivity index (χ0v) is 6.10. The number of hydrogen-bond donors (Lipinski definition) is 1. The predicted octanol–water partition coefficient (Wildman–Crippen LogP) is 2.60. The van der Waals surface area contributed by atoms with Crippen LogP contribution < -0.4 is 10.7 Å². The van der Waals surface area contributed by atoms with E-state index in [-0.39, 0.29) is 11.4 Å². The molecule has 0 amide bonds. The largest absolute Gasteiger partial charge is 0.357 e. The van der Waals surface area contributed by atoms with E-state index in [1.54, 1.807) is 6.07 Å². The third-order valence-corrected chi connectivity index (χ3v) is 1.34. The predicted molar refractivity (Wildman–Crippen MR) is 40.7 cm³/mol. The summed E-state index contributed by atoms with van der Waals surface area (Å²) >= 11 is 0. The highest BCUT2D eigenvalue weighted by atomic mass is 19.4. The van der Waals surface area contributed by atoms with Gasteiger partial charge in [-0.25, -0.2) is 4.39 Å². The zero-order chi connectivity index (χ0) is 8.97. The average molecular weight is 176 g/mol. The van der Waals surface area contributed by atoms with Crippen molar-refractivity contribution in [3.05, 3.63) is 24.3 Å². The first kappa shape index (κ1) is 8.70. The SMILES string of the molecule is FCNc1ccccc1N(F)F. The van der Waals surface area contributed by atoms with E-state index in [9.17, 15) is 13.4 Å². The van der Waals surface area contributed by atoms with Crippen LogP contribution >= 0.6 is 0 Å². The van der Waals surface area contributed by atoms with Gasteiger partial charge >= 0.3 is 0 Å². The second-order valence-electron chi connectivity index (χ2n) is 2.06. The minimum absolute atomic E-state index is 0.0741. The second-order valence-corrected chi connectivity index (χ2v) is 2.06. The maximum Gasteiger partial charge on any atom is 0.159 e. The van der Waals surface area contributed by atoms with Crippen molar-refractivity contribution in [3.63, 3.8) is 0 Å². The minimum atomic E-state index is -1.06. The van der Waals surface area contributed by atoms with Gasteiger partial charge in [-0.2, -0.15) is 0 Å². The summed E-state index contributed by atoms with van der Waals surface area (Å²) in [6.45, 7) is -0.870. The first-order chi connectivity index (χ1) is 5.75. The highest BCUT2D eigenvalue weighted by Crippen LogP contribution is 2.25. The van der Waals surface area contributed by atoms with Gasteiger partial charge in [0.1, 0.15) is 5.69 Å². The Morgan fingerprint density at radius 1 is 1.25 bits per heavy atom. The molecule has 12 heavy (non-hydrogen) atoms. The van der Waals surface area contributed by atoms with E-state index >= 15 is 0 Å². The molecule has 1 aromatic carbocycles. The number of benzene rings is 1. The Morgan fingerprint density at radius 2 is 1.92 bits per heavy atom. The van der Waals surface area contributed by atoms with E-state index in [1.807, 2.05) is 0 Å². The Hall–Kier alpha value is -1.39. The van der Waals surface area contributed by atoms with Crippen LogP contribution in [0, 0.1) is 0 Å². The molecule has 0 fully saturated rings. The summed E-state index contributed by atoms with van der Waals surface area (Å²) in [5, 5.41) is 1.11. The molecule has 0 heterocycles. The summed E-state index contributed by atoms with van der Waals surface area (Å²) < 4.78 is 35.8. The van der Waals surface area contributed by atoms with Gasteiger partial charge in [0.2, 0.25) is 0 Å². The molecule has 0 atom stereocenters. The van der Waals surface area contributed by atoms with Gasteiger partial charge in [0, 0.05) is 0 Å². The lowest BCUT2D eigenvalue weighted by molar-refractivity contribution is 0.235. The maximum absolute atomic E-state index is 12.0. The molecular formula is C7H7F3N2. The fraction of sp³-hybridized carbons (Fsp3) is 0.143. The minimum Gasteiger partial charge on any atom is -0.357 e. The van der Waals surface area contributed by atoms with Crippen LogP contribution in [0.3, 0.4) is 0 Å². The lowest BCUT2D eigenvalue weighted by Crippen LogP contribution is -2.03. The van der Waals surface area contributed by atoms with Gasteiger partial charge in [0.25, 0.3) is 0 Å². The van der Waals surface area contributed by atoms with Crippen LogP contribution in [-0.2, 0) is 0 Å². The van der Waals surface area contributed by atoms with Crippen LogP contribution in [0.4, 0.5) is 24.7 Å². The third kappa shape index (κ3) is 1.81. The molecule has 0 aliphatic heterocycles. The third-order valence-electron chi connectivity index (χ3n) is 1.34. The van der Waals surface area contributed by atoms with Crippen molar-refractivity contribution >= 4 is 11.4 Å². The summed E-state index contributed by atoms with van der Waals surface area (Å²) in [5.41, 5.74) is -0.264. The van der Waals surface area contributed by atoms with E-state index in [0.717, 1.165) is 0 Å². The van der Waals surface area contributed by atoms with Gasteiger partial charge in [-0.05, 0) is 17.5 Å². The second kappa shape index (κ2) is 3.85. The van der Waals surface area contributed by atoms with Crippen molar-refractivity contribution in [2.45, 2.75) is 0 Å². The number of hydrogen-bond acceptors (Lipinski definition) is 2. The molecule has 0 saturated heterocycles. The van der Waals surface area contributed by atoms with Gasteiger partial charge in [-0.3, -0.25) is 0 Å². The van der Waals surface area contributed by atoms with Gasteiger partial charge in [0.05, 0.1) is 5.69 Å². The monoisotopic (exact) mass is 176 g/mol. The van der Waals surface area contributed by atoms with E-state index < -0.39 is 12.1 Å². The van der Waals surface area contributed by atoms with E-state index in [0.29, 0.717) is 0 Å². The Morgan fingerprint density at radius 3 is 2.50 bits per heavy atom. The Labute approximate surface area is 67.5 Å². The summed E-state index contributed by atoms with van der Waals surface area (Å²) in [6, 6.07) is 5.56. The lowest BCUT2D eigenvalue weighted by Gasteiger charge is -2.08. The fourth-order valence-corrected chi connectivity index (χ4v) is 0.843. The normalized spacial score (nSPS) is 9.58. The maximum atomic E-state index is 12.0. The Balaban J connectivity index is 2.92. The van der Waals surface area contributed by atoms with Gasteiger partial charge in [-0.15, -0.1) is 0 Å². The average Bonchev–Trinajstić information content (AvgIpc) is 2.05. The van der Waals surface area contributed by atoms with Crippen LogP contribution in [0.1, 0.15) is 0 Å². The lowest BCUT2D eigenvalue weighted by atomic mass is 10.3. The van der Waals surface area contributed by atoms with Crippen LogP contribution in [-0.4, -0.2) is 6.80 Å². The fourth-order valence-electron chi connectivity index (χ4n) is 0.843. The highest BCUT2D eigenvalue weighted by Gasteiger charge is 2.07. The molecule has 1 N–H and O–H groups in total. The number of nitrogens with one attached hydrogen (secondary N) is 1. The Bertz CT molecular complexity index is 252. The van der Waals surface area contributed by atoms with Crippen molar-refractivity contribution in [2.75, 3.05) is 17.5 Å². The van der Waals surface area contributed by atoms with Crippen molar-refractivity contribution < 1.29 is 13.4 Å². The van der Waals surface area contributed by atoms with Crippen LogP contribution in [0.15, 0.2) is 24.3 Å². The zero-order valence-electron chi connectivity index (χ0n) is 6.10. The van der Waals surface area contributed by atoms with Gasteiger partial charge in [0.15, 0.2) is 6.80 Å². The number of para-hydroxylation sites is 2. The van der Waals surface area contributed by atoms with E-state index in [2.05, 4.69) is 5.32 Å². The van der Waals surface area contributed by atoms with Crippen LogP contribution in [0.5, 0.6) is 0 Å². The standard InChI is InChI=1S/C7H7F3N2/c8-5-11-6-3-1-2-4-7(6)12(9)10/h1-4,11H,5H2. The molecule has 0 unspecified atom stereocenters. The molecule has 5 heteroatoms. The van der Waals surface area contributed by atoms with Crippen molar-refractivity contribution in [1.29, 1.82) is 0 Å². The van der Waals surface area contributed by atoms with Crippen molar-refractivity contribution in [1.82, 2.24) is 0 Å². The molecule has 0 bridgehead atoms. The molecule has 2 nitrogen and oxygen atoms in total. The molecule has 1 rings (SSSR count). The van der Waals surface area contributed by atoms with Crippen LogP contribution in [0.2, 0.25) is 0 Å². The molecule has 0 aliphatic carbocycles. The van der Waals surface area contributed by atoms with Crippen molar-refractivity contribution in [3.8, 4) is 0 Å². The summed E-state index contributed by atoms with van der Waals surface area (Å²) in [4.78, 5) is 0. The number of rotatable bonds is 3. The quantitative estimate of drug-likeness (QED) is 0.562. The highest BCUT2D eigenvalue weighted by molar-refractivity contribution is 5.67. The topological polar surface area (TPSA) is 15.3 Å². The molecule has 66 valence electrons. The number of halogens is 3. The summed E-state index contributed by atoms with van der Waals surface area (Å²) in [7, 11) is 0. The molecule has 0 aliphatic rings. The molecule has 1 aromatic rings. The van der Waals surface area contributed by atoms with Gasteiger partial charge in [-0.1, -0.05) is 21.1 Å².